The number of nitrogens with zero attached hydrogens (tertiary/aromatic N) is 1. The minimum Gasteiger partial charge on any atom is -0.454 e. The third-order valence-corrected chi connectivity index (χ3v) is 4.83. The summed E-state index contributed by atoms with van der Waals surface area (Å²) in [5.41, 5.74) is 2.32. The summed E-state index contributed by atoms with van der Waals surface area (Å²) in [5.74, 6) is -1.44. The number of benzene rings is 3. The van der Waals surface area contributed by atoms with Crippen LogP contribution in [-0.2, 0) is 0 Å². The van der Waals surface area contributed by atoms with E-state index in [0.29, 0.717) is 17.0 Å². The molecule has 5 nitrogen and oxygen atoms in total. The molecule has 168 valence electrons. The van der Waals surface area contributed by atoms with Crippen LogP contribution in [-0.4, -0.2) is 33.1 Å². The summed E-state index contributed by atoms with van der Waals surface area (Å²) in [7, 11) is 3.75. The Morgan fingerprint density at radius 1 is 0.906 bits per heavy atom. The molecule has 1 heterocycles. The first-order valence-electron chi connectivity index (χ1n) is 10.5. The summed E-state index contributed by atoms with van der Waals surface area (Å²) in [4.78, 5) is 14.8. The lowest BCUT2D eigenvalue weighted by atomic mass is 10.2. The van der Waals surface area contributed by atoms with E-state index in [9.17, 15) is 13.6 Å². The molecule has 0 unspecified atom stereocenters. The number of rotatable bonds is 5. The van der Waals surface area contributed by atoms with Gasteiger partial charge in [-0.2, -0.15) is 0 Å². The van der Waals surface area contributed by atoms with Gasteiger partial charge in [0.25, 0.3) is 5.91 Å². The zero-order valence-corrected chi connectivity index (χ0v) is 18.2. The molecular weight excluding hydrogens is 412 g/mol. The molecule has 4 rings (SSSR count). The van der Waals surface area contributed by atoms with E-state index >= 15 is 0 Å². The molecule has 0 aliphatic carbocycles. The second-order valence-electron chi connectivity index (χ2n) is 7.40. The van der Waals surface area contributed by atoms with Crippen molar-refractivity contribution < 1.29 is 18.3 Å². The summed E-state index contributed by atoms with van der Waals surface area (Å²) in [6, 6.07) is 17.2. The maximum absolute atomic E-state index is 13.7. The summed E-state index contributed by atoms with van der Waals surface area (Å²) >= 11 is 0. The molecule has 0 saturated carbocycles. The molecule has 0 bridgehead atoms. The number of carbonyl (C=O) groups excluding carboxylic acids is 1. The van der Waals surface area contributed by atoms with Gasteiger partial charge in [-0.3, -0.25) is 4.79 Å². The molecular formula is C25H27F2N3O2. The highest BCUT2D eigenvalue weighted by Crippen LogP contribution is 2.26. The standard InChI is InChI=1S/C23H20F2N2O2.C2H7N/c24-17-5-12-22(21(25)15-17)29-20-10-3-16(4-11-20)23(28)26-18-6-8-19(9-7-18)27-13-1-2-14-27;1-3-2/h3-12,15H,1-2,13-14H2,(H,26,28);3H,1-2H3. The van der Waals surface area contributed by atoms with Crippen molar-refractivity contribution in [2.24, 2.45) is 0 Å². The monoisotopic (exact) mass is 439 g/mol. The highest BCUT2D eigenvalue weighted by Gasteiger charge is 2.13. The van der Waals surface area contributed by atoms with Crippen LogP contribution in [0.3, 0.4) is 0 Å². The SMILES string of the molecule is CNC.O=C(Nc1ccc(N2CCCC2)cc1)c1ccc(Oc2ccc(F)cc2F)cc1. The Bertz CT molecular complexity index is 1020. The number of halogens is 2. The topological polar surface area (TPSA) is 53.6 Å². The van der Waals surface area contributed by atoms with Crippen LogP contribution in [0, 0.1) is 11.6 Å². The first kappa shape index (κ1) is 23.2. The summed E-state index contributed by atoms with van der Waals surface area (Å²) in [6.07, 6.45) is 2.43. The molecule has 0 atom stereocenters. The van der Waals surface area contributed by atoms with Crippen LogP contribution in [0.15, 0.2) is 66.7 Å². The number of amides is 1. The molecule has 0 spiro atoms. The molecule has 3 aromatic carbocycles. The van der Waals surface area contributed by atoms with E-state index in [1.807, 2.05) is 38.4 Å². The Kier molecular flexibility index (Phi) is 8.16. The minimum absolute atomic E-state index is 0.0818. The molecule has 3 aromatic rings. The zero-order chi connectivity index (χ0) is 22.9. The van der Waals surface area contributed by atoms with Crippen molar-refractivity contribution in [1.82, 2.24) is 5.32 Å². The fourth-order valence-electron chi connectivity index (χ4n) is 3.29. The zero-order valence-electron chi connectivity index (χ0n) is 18.2. The highest BCUT2D eigenvalue weighted by atomic mass is 19.1. The Morgan fingerprint density at radius 3 is 2.12 bits per heavy atom. The molecule has 0 radical (unpaired) electrons. The number of carbonyl (C=O) groups is 1. The van der Waals surface area contributed by atoms with Crippen molar-refractivity contribution in [2.45, 2.75) is 12.8 Å². The van der Waals surface area contributed by atoms with Crippen molar-refractivity contribution >= 4 is 17.3 Å². The Morgan fingerprint density at radius 2 is 1.53 bits per heavy atom. The molecule has 1 aliphatic rings. The van der Waals surface area contributed by atoms with Crippen molar-refractivity contribution in [3.63, 3.8) is 0 Å². The molecule has 7 heteroatoms. The summed E-state index contributed by atoms with van der Waals surface area (Å²) in [6.45, 7) is 2.14. The molecule has 0 aromatic heterocycles. The van der Waals surface area contributed by atoms with Crippen molar-refractivity contribution in [3.8, 4) is 11.5 Å². The average molecular weight is 440 g/mol. The second-order valence-corrected chi connectivity index (χ2v) is 7.40. The summed E-state index contributed by atoms with van der Waals surface area (Å²) in [5, 5.41) is 5.61. The smallest absolute Gasteiger partial charge is 0.255 e. The van der Waals surface area contributed by atoms with Crippen LogP contribution in [0.25, 0.3) is 0 Å². The first-order valence-corrected chi connectivity index (χ1v) is 10.5. The van der Waals surface area contributed by atoms with Crippen LogP contribution < -0.4 is 20.3 Å². The van der Waals surface area contributed by atoms with Gasteiger partial charge in [0.1, 0.15) is 11.6 Å². The van der Waals surface area contributed by atoms with E-state index in [1.165, 1.54) is 18.9 Å². The number of hydrogen-bond donors (Lipinski definition) is 2. The number of nitrogens with one attached hydrogen (secondary N) is 2. The third-order valence-electron chi connectivity index (χ3n) is 4.83. The van der Waals surface area contributed by atoms with Gasteiger partial charge in [0.2, 0.25) is 0 Å². The fourth-order valence-corrected chi connectivity index (χ4v) is 3.29. The maximum atomic E-state index is 13.7. The lowest BCUT2D eigenvalue weighted by Gasteiger charge is -2.17. The van der Waals surface area contributed by atoms with E-state index in [4.69, 9.17) is 4.74 Å². The van der Waals surface area contributed by atoms with Crippen LogP contribution in [0.2, 0.25) is 0 Å². The lowest BCUT2D eigenvalue weighted by Crippen LogP contribution is -2.17. The van der Waals surface area contributed by atoms with E-state index in [-0.39, 0.29) is 11.7 Å². The van der Waals surface area contributed by atoms with Crippen molar-refractivity contribution in [3.05, 3.63) is 83.9 Å². The quantitative estimate of drug-likeness (QED) is 0.556. The minimum atomic E-state index is -0.788. The van der Waals surface area contributed by atoms with Crippen molar-refractivity contribution in [1.29, 1.82) is 0 Å². The van der Waals surface area contributed by atoms with Gasteiger partial charge in [0.05, 0.1) is 0 Å². The van der Waals surface area contributed by atoms with Gasteiger partial charge in [-0.05, 0) is 87.6 Å². The van der Waals surface area contributed by atoms with Gasteiger partial charge >= 0.3 is 0 Å². The van der Waals surface area contributed by atoms with E-state index in [2.05, 4.69) is 15.5 Å². The average Bonchev–Trinajstić information content (AvgIpc) is 3.32. The van der Waals surface area contributed by atoms with E-state index in [1.54, 1.807) is 24.3 Å². The molecule has 1 amide bonds. The predicted octanol–water partition coefficient (Wildman–Crippen LogP) is 5.45. The largest absolute Gasteiger partial charge is 0.454 e. The predicted molar refractivity (Wildman–Crippen MR) is 124 cm³/mol. The van der Waals surface area contributed by atoms with Gasteiger partial charge in [0, 0.05) is 36.1 Å². The Hall–Kier alpha value is -3.45. The van der Waals surface area contributed by atoms with Gasteiger partial charge < -0.3 is 20.3 Å². The van der Waals surface area contributed by atoms with Gasteiger partial charge in [-0.25, -0.2) is 8.78 Å². The van der Waals surface area contributed by atoms with Crippen molar-refractivity contribution in [2.75, 3.05) is 37.4 Å². The van der Waals surface area contributed by atoms with Crippen LogP contribution in [0.5, 0.6) is 11.5 Å². The molecule has 1 aliphatic heterocycles. The van der Waals surface area contributed by atoms with Gasteiger partial charge in [-0.15, -0.1) is 0 Å². The van der Waals surface area contributed by atoms with E-state index < -0.39 is 11.6 Å². The molecule has 1 fully saturated rings. The Balaban J connectivity index is 0.000000913. The van der Waals surface area contributed by atoms with Gasteiger partial charge in [-0.1, -0.05) is 0 Å². The molecule has 32 heavy (non-hydrogen) atoms. The van der Waals surface area contributed by atoms with Crippen LogP contribution in [0.4, 0.5) is 20.2 Å². The Labute approximate surface area is 187 Å². The number of anilines is 2. The summed E-state index contributed by atoms with van der Waals surface area (Å²) < 4.78 is 32.0. The second kappa shape index (κ2) is 11.2. The normalized spacial score (nSPS) is 12.7. The van der Waals surface area contributed by atoms with Crippen LogP contribution >= 0.6 is 0 Å². The third kappa shape index (κ3) is 6.28. The number of ether oxygens (including phenoxy) is 1. The lowest BCUT2D eigenvalue weighted by molar-refractivity contribution is 0.102. The van der Waals surface area contributed by atoms with Crippen LogP contribution in [0.1, 0.15) is 23.2 Å². The molecule has 1 saturated heterocycles. The molecule has 2 N–H and O–H groups in total. The number of hydrogen-bond acceptors (Lipinski definition) is 4. The highest BCUT2D eigenvalue weighted by molar-refractivity contribution is 6.04. The fraction of sp³-hybridized carbons (Fsp3) is 0.240. The van der Waals surface area contributed by atoms with E-state index in [0.717, 1.165) is 30.9 Å². The van der Waals surface area contributed by atoms with Gasteiger partial charge in [0.15, 0.2) is 11.6 Å². The first-order chi connectivity index (χ1) is 15.5. The maximum Gasteiger partial charge on any atom is 0.255 e.